The van der Waals surface area contributed by atoms with E-state index >= 15 is 0 Å². The fourth-order valence-corrected chi connectivity index (χ4v) is 2.69. The van der Waals surface area contributed by atoms with Crippen molar-refractivity contribution in [2.45, 2.75) is 6.04 Å². The maximum absolute atomic E-state index is 12.5. The van der Waals surface area contributed by atoms with E-state index in [1.165, 1.54) is 6.20 Å². The van der Waals surface area contributed by atoms with Crippen molar-refractivity contribution in [1.82, 2.24) is 24.8 Å². The average molecular weight is 275 g/mol. The number of carbonyl (C=O) groups is 1. The zero-order chi connectivity index (χ0) is 13.1. The summed E-state index contributed by atoms with van der Waals surface area (Å²) in [4.78, 5) is 19.0. The van der Waals surface area contributed by atoms with Gasteiger partial charge < -0.3 is 10.2 Å². The number of hydrogen-bond donors (Lipinski definition) is 1. The molecule has 0 bridgehead atoms. The van der Waals surface area contributed by atoms with E-state index in [9.17, 15) is 4.79 Å². The second kappa shape index (κ2) is 5.41. The van der Waals surface area contributed by atoms with Gasteiger partial charge in [-0.1, -0.05) is 10.6 Å². The number of nitrogens with zero attached hydrogens (tertiary/aromatic N) is 4. The highest BCUT2D eigenvalue weighted by Crippen LogP contribution is 2.23. The second-order valence-electron chi connectivity index (χ2n) is 4.29. The lowest BCUT2D eigenvalue weighted by Gasteiger charge is -2.35. The molecule has 1 aliphatic heterocycles. The Morgan fingerprint density at radius 3 is 3.16 bits per heavy atom. The van der Waals surface area contributed by atoms with E-state index in [0.29, 0.717) is 11.4 Å². The fourth-order valence-electron chi connectivity index (χ4n) is 2.22. The van der Waals surface area contributed by atoms with Crippen LogP contribution in [0.1, 0.15) is 21.3 Å². The van der Waals surface area contributed by atoms with Gasteiger partial charge in [0, 0.05) is 32.0 Å². The molecule has 1 N–H and O–H groups in total. The van der Waals surface area contributed by atoms with Gasteiger partial charge in [-0.3, -0.25) is 9.78 Å². The monoisotopic (exact) mass is 275 g/mol. The lowest BCUT2D eigenvalue weighted by Crippen LogP contribution is -2.48. The van der Waals surface area contributed by atoms with Crippen LogP contribution in [-0.4, -0.2) is 45.0 Å². The standard InChI is InChI=1S/C12H13N5OS/c18-12(11-8-15-16-19-11)17-5-4-14-7-10(17)9-2-1-3-13-6-9/h1-3,6,8,10,14H,4-5,7H2. The first-order chi connectivity index (χ1) is 9.36. The van der Waals surface area contributed by atoms with Crippen LogP contribution in [-0.2, 0) is 0 Å². The van der Waals surface area contributed by atoms with Crippen LogP contribution in [0.4, 0.5) is 0 Å². The SMILES string of the molecule is O=C(c1cnns1)N1CCNCC1c1cccnc1. The molecule has 1 aliphatic rings. The third-order valence-electron chi connectivity index (χ3n) is 3.15. The third kappa shape index (κ3) is 2.47. The number of hydrogen-bond acceptors (Lipinski definition) is 6. The number of piperazine rings is 1. The van der Waals surface area contributed by atoms with Crippen LogP contribution >= 0.6 is 11.5 Å². The Labute approximate surface area is 114 Å². The number of pyridine rings is 1. The Hall–Kier alpha value is -1.86. The molecule has 0 spiro atoms. The molecule has 6 nitrogen and oxygen atoms in total. The van der Waals surface area contributed by atoms with Gasteiger partial charge in [-0.2, -0.15) is 0 Å². The number of rotatable bonds is 2. The van der Waals surface area contributed by atoms with Gasteiger partial charge in [0.05, 0.1) is 12.2 Å². The largest absolute Gasteiger partial charge is 0.328 e. The highest BCUT2D eigenvalue weighted by Gasteiger charge is 2.29. The fraction of sp³-hybridized carbons (Fsp3) is 0.333. The molecular formula is C12H13N5OS. The van der Waals surface area contributed by atoms with Crippen molar-refractivity contribution in [2.24, 2.45) is 0 Å². The number of nitrogens with one attached hydrogen (secondary N) is 1. The summed E-state index contributed by atoms with van der Waals surface area (Å²) < 4.78 is 3.75. The summed E-state index contributed by atoms with van der Waals surface area (Å²) >= 11 is 1.13. The molecule has 19 heavy (non-hydrogen) atoms. The molecule has 3 heterocycles. The van der Waals surface area contributed by atoms with E-state index in [-0.39, 0.29) is 11.9 Å². The van der Waals surface area contributed by atoms with Gasteiger partial charge in [-0.25, -0.2) is 0 Å². The first-order valence-electron chi connectivity index (χ1n) is 6.05. The summed E-state index contributed by atoms with van der Waals surface area (Å²) in [5.41, 5.74) is 1.04. The number of carbonyl (C=O) groups excluding carboxylic acids is 1. The van der Waals surface area contributed by atoms with E-state index in [2.05, 4.69) is 19.9 Å². The smallest absolute Gasteiger partial charge is 0.267 e. The number of aromatic nitrogens is 3. The molecule has 7 heteroatoms. The minimum absolute atomic E-state index is 0.00893. The van der Waals surface area contributed by atoms with E-state index in [1.54, 1.807) is 6.20 Å². The van der Waals surface area contributed by atoms with Crippen LogP contribution in [0.25, 0.3) is 0 Å². The highest BCUT2D eigenvalue weighted by molar-refractivity contribution is 7.07. The highest BCUT2D eigenvalue weighted by atomic mass is 32.1. The predicted molar refractivity (Wildman–Crippen MR) is 70.8 cm³/mol. The Bertz CT molecular complexity index is 545. The lowest BCUT2D eigenvalue weighted by molar-refractivity contribution is 0.0639. The molecule has 98 valence electrons. The molecule has 0 radical (unpaired) electrons. The van der Waals surface area contributed by atoms with Crippen molar-refractivity contribution in [1.29, 1.82) is 0 Å². The average Bonchev–Trinajstić information content (AvgIpc) is 3.02. The molecule has 0 aliphatic carbocycles. The molecule has 3 rings (SSSR count). The van der Waals surface area contributed by atoms with Crippen LogP contribution in [0, 0.1) is 0 Å². The molecule has 1 unspecified atom stereocenters. The van der Waals surface area contributed by atoms with Gasteiger partial charge in [0.25, 0.3) is 5.91 Å². The van der Waals surface area contributed by atoms with E-state index < -0.39 is 0 Å². The summed E-state index contributed by atoms with van der Waals surface area (Å²) in [5.74, 6) is -0.00893. The molecular weight excluding hydrogens is 262 g/mol. The van der Waals surface area contributed by atoms with E-state index in [0.717, 1.165) is 30.2 Å². The third-order valence-corrected chi connectivity index (χ3v) is 3.80. The molecule has 0 aromatic carbocycles. The van der Waals surface area contributed by atoms with E-state index in [4.69, 9.17) is 0 Å². The van der Waals surface area contributed by atoms with Crippen LogP contribution in [0.3, 0.4) is 0 Å². The van der Waals surface area contributed by atoms with Gasteiger partial charge >= 0.3 is 0 Å². The maximum atomic E-state index is 12.5. The van der Waals surface area contributed by atoms with Crippen molar-refractivity contribution in [3.63, 3.8) is 0 Å². The number of amides is 1. The first kappa shape index (κ1) is 12.2. The Balaban J connectivity index is 1.87. The summed E-state index contributed by atoms with van der Waals surface area (Å²) in [6.45, 7) is 2.22. The topological polar surface area (TPSA) is 71.0 Å². The molecule has 1 saturated heterocycles. The zero-order valence-corrected chi connectivity index (χ0v) is 11.0. The van der Waals surface area contributed by atoms with Crippen molar-refractivity contribution in [3.05, 3.63) is 41.2 Å². The van der Waals surface area contributed by atoms with Crippen molar-refractivity contribution < 1.29 is 4.79 Å². The van der Waals surface area contributed by atoms with Crippen molar-refractivity contribution >= 4 is 17.4 Å². The molecule has 2 aromatic rings. The molecule has 2 aromatic heterocycles. The zero-order valence-electron chi connectivity index (χ0n) is 10.2. The summed E-state index contributed by atoms with van der Waals surface area (Å²) in [6, 6.07) is 3.90. The summed E-state index contributed by atoms with van der Waals surface area (Å²) in [6.07, 6.45) is 5.07. The normalized spacial score (nSPS) is 19.4. The lowest BCUT2D eigenvalue weighted by atomic mass is 10.1. The van der Waals surface area contributed by atoms with Gasteiger partial charge in [-0.15, -0.1) is 5.10 Å². The first-order valence-corrected chi connectivity index (χ1v) is 6.82. The Morgan fingerprint density at radius 1 is 1.47 bits per heavy atom. The van der Waals surface area contributed by atoms with Crippen LogP contribution in [0.2, 0.25) is 0 Å². The quantitative estimate of drug-likeness (QED) is 0.874. The van der Waals surface area contributed by atoms with Gasteiger partial charge in [0.1, 0.15) is 4.88 Å². The molecule has 0 saturated carbocycles. The molecule has 1 atom stereocenters. The van der Waals surface area contributed by atoms with Crippen LogP contribution in [0.15, 0.2) is 30.7 Å². The Kier molecular flexibility index (Phi) is 3.47. The maximum Gasteiger partial charge on any atom is 0.267 e. The van der Waals surface area contributed by atoms with Gasteiger partial charge in [-0.05, 0) is 23.2 Å². The van der Waals surface area contributed by atoms with Gasteiger partial charge in [0.15, 0.2) is 0 Å². The predicted octanol–water partition coefficient (Wildman–Crippen LogP) is 0.720. The minimum Gasteiger partial charge on any atom is -0.328 e. The summed E-state index contributed by atoms with van der Waals surface area (Å²) in [5, 5.41) is 7.04. The van der Waals surface area contributed by atoms with Crippen LogP contribution in [0.5, 0.6) is 0 Å². The second-order valence-corrected chi connectivity index (χ2v) is 5.07. The van der Waals surface area contributed by atoms with Crippen molar-refractivity contribution in [3.8, 4) is 0 Å². The van der Waals surface area contributed by atoms with Gasteiger partial charge in [0.2, 0.25) is 0 Å². The molecule has 1 fully saturated rings. The van der Waals surface area contributed by atoms with Crippen LogP contribution < -0.4 is 5.32 Å². The Morgan fingerprint density at radius 2 is 2.42 bits per heavy atom. The summed E-state index contributed by atoms with van der Waals surface area (Å²) in [7, 11) is 0. The van der Waals surface area contributed by atoms with Crippen molar-refractivity contribution in [2.75, 3.05) is 19.6 Å². The minimum atomic E-state index is -0.00893. The molecule has 1 amide bonds. The van der Waals surface area contributed by atoms with E-state index in [1.807, 2.05) is 23.2 Å².